The fourth-order valence-corrected chi connectivity index (χ4v) is 2.69. The van der Waals surface area contributed by atoms with E-state index in [2.05, 4.69) is 29.2 Å². The number of carboxylic acid groups (broad SMARTS) is 1. The third kappa shape index (κ3) is 7.31. The number of phenols is 2. The number of aromatic hydroxyl groups is 2. The molecule has 0 amide bonds. The Bertz CT molecular complexity index is 1070. The molecule has 0 unspecified atom stereocenters. The fraction of sp³-hybridized carbons (Fsp3) is 0.333. The highest BCUT2D eigenvalue weighted by atomic mass is 17.2. The molecule has 0 bridgehead atoms. The van der Waals surface area contributed by atoms with Crippen LogP contribution in [-0.2, 0) is 24.3 Å². The van der Waals surface area contributed by atoms with Crippen molar-refractivity contribution >= 4 is 11.9 Å². The van der Waals surface area contributed by atoms with Gasteiger partial charge in [0.05, 0.1) is 49.8 Å². The van der Waals surface area contributed by atoms with E-state index in [1.807, 2.05) is 0 Å². The van der Waals surface area contributed by atoms with E-state index in [0.717, 1.165) is 12.1 Å². The first-order valence-electron chi connectivity index (χ1n) is 9.69. The van der Waals surface area contributed by atoms with E-state index in [9.17, 15) is 19.8 Å². The van der Waals surface area contributed by atoms with E-state index in [0.29, 0.717) is 0 Å². The Morgan fingerprint density at radius 1 is 0.568 bits per heavy atom. The number of hydrogen-bond donors (Lipinski definition) is 3. The number of esters is 1. The fourth-order valence-electron chi connectivity index (χ4n) is 2.69. The third-order valence-corrected chi connectivity index (χ3v) is 4.05. The minimum atomic E-state index is -1.31. The molecule has 2 aromatic carbocycles. The zero-order valence-electron chi connectivity index (χ0n) is 20.8. The quantitative estimate of drug-likeness (QED) is 0.203. The monoisotopic (exact) mass is 534 g/mol. The third-order valence-electron chi connectivity index (χ3n) is 4.05. The zero-order valence-corrected chi connectivity index (χ0v) is 20.8. The van der Waals surface area contributed by atoms with E-state index >= 15 is 0 Å². The molecule has 0 aliphatic carbocycles. The molecule has 37 heavy (non-hydrogen) atoms. The van der Waals surface area contributed by atoms with Gasteiger partial charge in [0.25, 0.3) is 23.0 Å². The second-order valence-electron chi connectivity index (χ2n) is 6.07. The van der Waals surface area contributed by atoms with Crippen LogP contribution in [0.4, 0.5) is 0 Å². The summed E-state index contributed by atoms with van der Waals surface area (Å²) < 4.78 is 14.5. The van der Waals surface area contributed by atoms with Crippen LogP contribution in [0.2, 0.25) is 0 Å². The normalized spacial score (nSPS) is 9.92. The lowest BCUT2D eigenvalue weighted by molar-refractivity contribution is -0.203. The summed E-state index contributed by atoms with van der Waals surface area (Å²) in [6.07, 6.45) is 0. The van der Waals surface area contributed by atoms with Crippen LogP contribution in [0.15, 0.2) is 12.1 Å². The summed E-state index contributed by atoms with van der Waals surface area (Å²) in [6, 6.07) is 2.04. The first-order chi connectivity index (χ1) is 17.7. The SMILES string of the molecule is COOc1c(O)cc(C(=O)O)c(OC)c1OOC.COOc1c(O)cc(C(=O)OC)c(OC)c1OOC. The average molecular weight is 534 g/mol. The van der Waals surface area contributed by atoms with Crippen molar-refractivity contribution in [2.45, 2.75) is 0 Å². The molecule has 0 saturated heterocycles. The molecule has 0 saturated carbocycles. The number of benzene rings is 2. The van der Waals surface area contributed by atoms with Gasteiger partial charge in [0.15, 0.2) is 23.0 Å². The lowest BCUT2D eigenvalue weighted by Crippen LogP contribution is -2.08. The van der Waals surface area contributed by atoms with Gasteiger partial charge in [-0.15, -0.1) is 0 Å². The van der Waals surface area contributed by atoms with E-state index in [-0.39, 0.29) is 45.6 Å². The van der Waals surface area contributed by atoms with Gasteiger partial charge < -0.3 is 49.1 Å². The maximum Gasteiger partial charge on any atom is 0.341 e. The number of carbonyl (C=O) groups excluding carboxylic acids is 1. The molecule has 2 aromatic rings. The van der Waals surface area contributed by atoms with Crippen molar-refractivity contribution in [3.05, 3.63) is 23.3 Å². The zero-order chi connectivity index (χ0) is 28.1. The summed E-state index contributed by atoms with van der Waals surface area (Å²) in [5, 5.41) is 28.4. The number of ether oxygens (including phenoxy) is 3. The number of aromatic carboxylic acids is 1. The Kier molecular flexibility index (Phi) is 12.3. The summed E-state index contributed by atoms with van der Waals surface area (Å²) in [7, 11) is 8.59. The molecule has 0 spiro atoms. The molecule has 0 aliphatic rings. The standard InChI is InChI=1S/C11H14O8.C10H12O8/c1-14-8-6(11(13)15-2)5-7(12)9(18-16-3)10(8)19-17-4;1-14-7-5(10(12)13)4-6(11)8(17-15-2)9(7)18-16-3/h5,12H,1-4H3;4,11H,1-3H3,(H,12,13). The minimum Gasteiger partial charge on any atom is -0.504 e. The predicted molar refractivity (Wildman–Crippen MR) is 118 cm³/mol. The summed E-state index contributed by atoms with van der Waals surface area (Å²) in [6.45, 7) is 0. The van der Waals surface area contributed by atoms with Crippen LogP contribution in [0.5, 0.6) is 46.0 Å². The summed E-state index contributed by atoms with van der Waals surface area (Å²) in [5.41, 5.74) is -0.372. The first-order valence-corrected chi connectivity index (χ1v) is 9.69. The molecule has 16 heteroatoms. The van der Waals surface area contributed by atoms with Crippen LogP contribution in [0, 0.1) is 0 Å². The van der Waals surface area contributed by atoms with Crippen LogP contribution in [0.1, 0.15) is 20.7 Å². The van der Waals surface area contributed by atoms with Crippen molar-refractivity contribution in [2.75, 3.05) is 49.8 Å². The summed E-state index contributed by atoms with van der Waals surface area (Å²) >= 11 is 0. The van der Waals surface area contributed by atoms with E-state index in [1.54, 1.807) is 0 Å². The van der Waals surface area contributed by atoms with Gasteiger partial charge in [-0.25, -0.2) is 9.59 Å². The summed E-state index contributed by atoms with van der Waals surface area (Å²) in [4.78, 5) is 59.3. The van der Waals surface area contributed by atoms with Crippen molar-refractivity contribution < 1.29 is 78.2 Å². The Morgan fingerprint density at radius 2 is 0.919 bits per heavy atom. The number of rotatable bonds is 12. The molecule has 0 heterocycles. The van der Waals surface area contributed by atoms with Gasteiger partial charge in [0.2, 0.25) is 0 Å². The molecule has 3 N–H and O–H groups in total. The Labute approximate surface area is 209 Å². The second-order valence-corrected chi connectivity index (χ2v) is 6.07. The first kappa shape index (κ1) is 30.7. The average Bonchev–Trinajstić information content (AvgIpc) is 2.87. The van der Waals surface area contributed by atoms with Crippen LogP contribution in [-0.4, -0.2) is 77.0 Å². The highest BCUT2D eigenvalue weighted by Gasteiger charge is 2.28. The maximum absolute atomic E-state index is 11.6. The number of hydrogen-bond acceptors (Lipinski definition) is 15. The van der Waals surface area contributed by atoms with Crippen molar-refractivity contribution in [3.8, 4) is 46.0 Å². The van der Waals surface area contributed by atoms with Gasteiger partial charge in [0.1, 0.15) is 11.1 Å². The topological polar surface area (TPSA) is 196 Å². The molecular weight excluding hydrogens is 508 g/mol. The van der Waals surface area contributed by atoms with E-state index < -0.39 is 23.4 Å². The van der Waals surface area contributed by atoms with Gasteiger partial charge in [-0.2, -0.15) is 19.6 Å². The lowest BCUT2D eigenvalue weighted by Gasteiger charge is -2.15. The lowest BCUT2D eigenvalue weighted by atomic mass is 10.1. The van der Waals surface area contributed by atoms with Crippen LogP contribution >= 0.6 is 0 Å². The largest absolute Gasteiger partial charge is 0.504 e. The molecule has 0 fully saturated rings. The second kappa shape index (κ2) is 14.9. The van der Waals surface area contributed by atoms with Gasteiger partial charge in [-0.3, -0.25) is 0 Å². The van der Waals surface area contributed by atoms with Gasteiger partial charge in [-0.05, 0) is 0 Å². The van der Waals surface area contributed by atoms with Crippen LogP contribution < -0.4 is 29.0 Å². The molecule has 0 atom stereocenters. The van der Waals surface area contributed by atoms with Crippen molar-refractivity contribution in [3.63, 3.8) is 0 Å². The highest BCUT2D eigenvalue weighted by molar-refractivity contribution is 5.95. The van der Waals surface area contributed by atoms with Gasteiger partial charge in [-0.1, -0.05) is 0 Å². The molecule has 16 nitrogen and oxygen atoms in total. The Hall–Kier alpha value is -4.38. The summed E-state index contributed by atoms with van der Waals surface area (Å²) in [5.74, 6) is -4.02. The molecule has 0 radical (unpaired) electrons. The number of carboxylic acids is 1. The maximum atomic E-state index is 11.6. The van der Waals surface area contributed by atoms with Crippen molar-refractivity contribution in [1.29, 1.82) is 0 Å². The van der Waals surface area contributed by atoms with E-state index in [1.165, 1.54) is 49.8 Å². The van der Waals surface area contributed by atoms with Crippen LogP contribution in [0.3, 0.4) is 0 Å². The highest BCUT2D eigenvalue weighted by Crippen LogP contribution is 2.47. The van der Waals surface area contributed by atoms with Crippen molar-refractivity contribution in [2.24, 2.45) is 0 Å². The number of carbonyl (C=O) groups is 2. The molecule has 206 valence electrons. The molecule has 0 aromatic heterocycles. The van der Waals surface area contributed by atoms with Crippen LogP contribution in [0.25, 0.3) is 0 Å². The number of phenolic OH excluding ortho intramolecular Hbond substituents is 2. The predicted octanol–water partition coefficient (Wildman–Crippen LogP) is 2.05. The van der Waals surface area contributed by atoms with E-state index in [4.69, 9.17) is 29.2 Å². The van der Waals surface area contributed by atoms with Gasteiger partial charge >= 0.3 is 11.9 Å². The number of methoxy groups -OCH3 is 3. The van der Waals surface area contributed by atoms with Gasteiger partial charge in [0, 0.05) is 12.1 Å². The molecule has 0 aliphatic heterocycles. The molecular formula is C21H26O16. The van der Waals surface area contributed by atoms with Crippen molar-refractivity contribution in [1.82, 2.24) is 0 Å². The minimum absolute atomic E-state index is 0.0291. The Morgan fingerprint density at radius 3 is 1.24 bits per heavy atom. The Balaban J connectivity index is 0.000000371. The smallest absolute Gasteiger partial charge is 0.341 e. The molecule has 2 rings (SSSR count).